The number of hydrogen-bond donors (Lipinski definition) is 3. The molecule has 7 rings (SSSR count). The molecule has 9 nitrogen and oxygen atoms in total. The number of nitrogens with zero attached hydrogens (tertiary/aromatic N) is 4. The summed E-state index contributed by atoms with van der Waals surface area (Å²) in [5.41, 5.74) is 9.04. The molecule has 1 aromatic heterocycles. The number of nitrogens with one attached hydrogen (secondary N) is 2. The normalized spacial score (nSPS) is 23.2. The first-order valence-corrected chi connectivity index (χ1v) is 16.8. The van der Waals surface area contributed by atoms with E-state index in [9.17, 15) is 14.0 Å². The highest BCUT2D eigenvalue weighted by Crippen LogP contribution is 2.41. The van der Waals surface area contributed by atoms with Gasteiger partial charge < -0.3 is 26.2 Å². The third-order valence-electron chi connectivity index (χ3n) is 10.7. The Kier molecular flexibility index (Phi) is 8.17. The SMILES string of the molecule is C[C@@H]1[C@H](NC(=O)c2ccc(C3CC3)cc2F)CCCN1c1cnc(C(N)=O)c(Nc2ccc(C3(C)CCN(C4CC4)CC3)cc2)n1. The van der Waals surface area contributed by atoms with Gasteiger partial charge in [0, 0.05) is 30.4 Å². The molecule has 2 atom stereocenters. The zero-order chi connectivity index (χ0) is 32.0. The highest BCUT2D eigenvalue weighted by molar-refractivity contribution is 5.96. The number of benzene rings is 2. The van der Waals surface area contributed by atoms with E-state index in [2.05, 4.69) is 44.5 Å². The van der Waals surface area contributed by atoms with E-state index < -0.39 is 17.6 Å². The fourth-order valence-electron chi connectivity index (χ4n) is 7.28. The van der Waals surface area contributed by atoms with Gasteiger partial charge in [-0.25, -0.2) is 14.4 Å². The number of nitrogens with two attached hydrogens (primary N) is 1. The molecule has 4 aliphatic rings. The fourth-order valence-corrected chi connectivity index (χ4v) is 7.28. The summed E-state index contributed by atoms with van der Waals surface area (Å²) in [7, 11) is 0. The van der Waals surface area contributed by atoms with Gasteiger partial charge in [-0.3, -0.25) is 9.59 Å². The average Bonchev–Trinajstić information content (AvgIpc) is 3.97. The molecule has 2 saturated carbocycles. The standard InChI is InChI=1S/C36H44FN7O2/c1-22-30(41-35(46)28-14-7-24(20-29(28)37)23-5-6-23)4-3-17-44(22)31-21-39-32(33(38)45)34(42-31)40-26-10-8-25(9-11-26)36(2)15-18-43(19-16-36)27-12-13-27/h7-11,14,20-23,27,30H,3-6,12-13,15-19H2,1-2H3,(H2,38,45)(H,40,42)(H,41,46)/t22-,30-/m1/s1. The van der Waals surface area contributed by atoms with E-state index in [0.29, 0.717) is 18.3 Å². The van der Waals surface area contributed by atoms with Crippen LogP contribution >= 0.6 is 0 Å². The van der Waals surface area contributed by atoms with E-state index in [1.807, 2.05) is 25.1 Å². The van der Waals surface area contributed by atoms with Crippen molar-refractivity contribution in [2.75, 3.05) is 29.9 Å². The van der Waals surface area contributed by atoms with Crippen LogP contribution in [0.3, 0.4) is 0 Å². The van der Waals surface area contributed by atoms with Crippen LogP contribution in [-0.2, 0) is 5.41 Å². The molecule has 2 aliphatic carbocycles. The molecule has 2 aromatic carbocycles. The molecule has 2 amide bonds. The van der Waals surface area contributed by atoms with Gasteiger partial charge >= 0.3 is 0 Å². The Morgan fingerprint density at radius 3 is 2.39 bits per heavy atom. The van der Waals surface area contributed by atoms with Crippen LogP contribution in [0.5, 0.6) is 0 Å². The minimum atomic E-state index is -0.667. The number of aromatic nitrogens is 2. The van der Waals surface area contributed by atoms with Crippen molar-refractivity contribution >= 4 is 29.1 Å². The van der Waals surface area contributed by atoms with E-state index >= 15 is 0 Å². The molecular formula is C36H44FN7O2. The van der Waals surface area contributed by atoms with E-state index in [-0.39, 0.29) is 34.6 Å². The van der Waals surface area contributed by atoms with Crippen molar-refractivity contribution in [1.29, 1.82) is 0 Å². The number of carbonyl (C=O) groups is 2. The zero-order valence-corrected chi connectivity index (χ0v) is 26.8. The molecule has 242 valence electrons. The van der Waals surface area contributed by atoms with Crippen molar-refractivity contribution in [2.24, 2.45) is 5.73 Å². The highest BCUT2D eigenvalue weighted by Gasteiger charge is 2.37. The average molecular weight is 626 g/mol. The van der Waals surface area contributed by atoms with Crippen LogP contribution < -0.4 is 21.3 Å². The van der Waals surface area contributed by atoms with Gasteiger partial charge in [0.05, 0.1) is 11.8 Å². The number of rotatable bonds is 9. The molecular weight excluding hydrogens is 581 g/mol. The number of halogens is 1. The van der Waals surface area contributed by atoms with E-state index in [1.165, 1.54) is 24.5 Å². The molecule has 10 heteroatoms. The van der Waals surface area contributed by atoms with E-state index in [1.54, 1.807) is 12.3 Å². The first-order chi connectivity index (χ1) is 22.2. The van der Waals surface area contributed by atoms with Gasteiger partial charge in [0.1, 0.15) is 11.6 Å². The zero-order valence-electron chi connectivity index (χ0n) is 26.8. The van der Waals surface area contributed by atoms with Crippen molar-refractivity contribution < 1.29 is 14.0 Å². The van der Waals surface area contributed by atoms with Gasteiger partial charge in [-0.05, 0) is 118 Å². The Balaban J connectivity index is 1.04. The minimum Gasteiger partial charge on any atom is -0.364 e. The second-order valence-electron chi connectivity index (χ2n) is 14.0. The summed E-state index contributed by atoms with van der Waals surface area (Å²) in [5.74, 6) is -0.278. The van der Waals surface area contributed by atoms with Crippen LogP contribution in [0.1, 0.15) is 103 Å². The molecule has 0 spiro atoms. The van der Waals surface area contributed by atoms with Crippen molar-refractivity contribution in [2.45, 2.75) is 94.7 Å². The molecule has 4 fully saturated rings. The third kappa shape index (κ3) is 6.32. The summed E-state index contributed by atoms with van der Waals surface area (Å²) in [6, 6.07) is 13.8. The quantitative estimate of drug-likeness (QED) is 0.282. The topological polar surface area (TPSA) is 116 Å². The van der Waals surface area contributed by atoms with Gasteiger partial charge in [-0.15, -0.1) is 0 Å². The van der Waals surface area contributed by atoms with Gasteiger partial charge in [0.15, 0.2) is 11.5 Å². The lowest BCUT2D eigenvalue weighted by Gasteiger charge is -2.40. The van der Waals surface area contributed by atoms with Crippen LogP contribution in [0.4, 0.5) is 21.7 Å². The Hall–Kier alpha value is -4.05. The van der Waals surface area contributed by atoms with Crippen molar-refractivity contribution in [3.8, 4) is 0 Å². The molecule has 46 heavy (non-hydrogen) atoms. The monoisotopic (exact) mass is 625 g/mol. The van der Waals surface area contributed by atoms with Crippen molar-refractivity contribution in [3.63, 3.8) is 0 Å². The first-order valence-electron chi connectivity index (χ1n) is 16.8. The number of primary amides is 1. The van der Waals surface area contributed by atoms with Gasteiger partial charge in [-0.2, -0.15) is 0 Å². The number of piperidine rings is 2. The lowest BCUT2D eigenvalue weighted by atomic mass is 9.74. The summed E-state index contributed by atoms with van der Waals surface area (Å²) < 4.78 is 14.9. The predicted octanol–water partition coefficient (Wildman–Crippen LogP) is 5.64. The number of amides is 2. The maximum Gasteiger partial charge on any atom is 0.271 e. The molecule has 2 saturated heterocycles. The molecule has 4 N–H and O–H groups in total. The molecule has 3 aromatic rings. The smallest absolute Gasteiger partial charge is 0.271 e. The lowest BCUT2D eigenvalue weighted by molar-refractivity contribution is 0.0919. The number of anilines is 3. The van der Waals surface area contributed by atoms with Gasteiger partial charge in [0.25, 0.3) is 11.8 Å². The second-order valence-corrected chi connectivity index (χ2v) is 14.0. The Bertz CT molecular complexity index is 1610. The predicted molar refractivity (Wildman–Crippen MR) is 177 cm³/mol. The summed E-state index contributed by atoms with van der Waals surface area (Å²) in [5, 5.41) is 6.35. The molecule has 3 heterocycles. The Morgan fingerprint density at radius 2 is 1.74 bits per heavy atom. The van der Waals surface area contributed by atoms with Gasteiger partial charge in [0.2, 0.25) is 0 Å². The van der Waals surface area contributed by atoms with Crippen LogP contribution in [0.15, 0.2) is 48.7 Å². The molecule has 0 radical (unpaired) electrons. The summed E-state index contributed by atoms with van der Waals surface area (Å²) in [6.07, 6.45) is 10.3. The van der Waals surface area contributed by atoms with Crippen LogP contribution in [0.2, 0.25) is 0 Å². The summed E-state index contributed by atoms with van der Waals surface area (Å²) in [4.78, 5) is 39.4. The lowest BCUT2D eigenvalue weighted by Crippen LogP contribution is -2.54. The molecule has 0 unspecified atom stereocenters. The Morgan fingerprint density at radius 1 is 1.00 bits per heavy atom. The van der Waals surface area contributed by atoms with Crippen LogP contribution in [0, 0.1) is 5.82 Å². The molecule has 0 bridgehead atoms. The van der Waals surface area contributed by atoms with Crippen molar-refractivity contribution in [3.05, 3.63) is 76.9 Å². The number of likely N-dealkylation sites (tertiary alicyclic amines) is 1. The largest absolute Gasteiger partial charge is 0.364 e. The van der Waals surface area contributed by atoms with Crippen molar-refractivity contribution in [1.82, 2.24) is 20.2 Å². The van der Waals surface area contributed by atoms with Crippen LogP contribution in [0.25, 0.3) is 0 Å². The third-order valence-corrected chi connectivity index (χ3v) is 10.7. The second kappa shape index (κ2) is 12.3. The van der Waals surface area contributed by atoms with E-state index in [0.717, 1.165) is 68.9 Å². The van der Waals surface area contributed by atoms with Crippen LogP contribution in [-0.4, -0.2) is 64.4 Å². The first kappa shape index (κ1) is 30.6. The Labute approximate surface area is 270 Å². The summed E-state index contributed by atoms with van der Waals surface area (Å²) >= 11 is 0. The fraction of sp³-hybridized carbons (Fsp3) is 0.500. The van der Waals surface area contributed by atoms with E-state index in [4.69, 9.17) is 10.7 Å². The minimum absolute atomic E-state index is 0.0619. The number of hydrogen-bond acceptors (Lipinski definition) is 7. The highest BCUT2D eigenvalue weighted by atomic mass is 19.1. The summed E-state index contributed by atoms with van der Waals surface area (Å²) in [6.45, 7) is 7.37. The van der Waals surface area contributed by atoms with Gasteiger partial charge in [-0.1, -0.05) is 25.1 Å². The number of carbonyl (C=O) groups excluding carboxylic acids is 2. The maximum absolute atomic E-state index is 14.9. The maximum atomic E-state index is 14.9. The molecule has 2 aliphatic heterocycles.